The summed E-state index contributed by atoms with van der Waals surface area (Å²) >= 11 is 6.13. The SMILES string of the molecule is COc1ccc(C2c3cccn3-c3ccccc3N2C(=O)CN(C(=O)C(C)(C)CCl)C2CC2)cc1. The summed E-state index contributed by atoms with van der Waals surface area (Å²) in [4.78, 5) is 31.1. The van der Waals surface area contributed by atoms with E-state index in [1.54, 1.807) is 12.0 Å². The van der Waals surface area contributed by atoms with Gasteiger partial charge in [-0.05, 0) is 68.7 Å². The summed E-state index contributed by atoms with van der Waals surface area (Å²) in [6, 6.07) is 19.5. The molecule has 5 rings (SSSR count). The number of hydrogen-bond donors (Lipinski definition) is 0. The molecule has 0 bridgehead atoms. The molecule has 7 heteroatoms. The summed E-state index contributed by atoms with van der Waals surface area (Å²) in [5, 5.41) is 0. The van der Waals surface area contributed by atoms with E-state index in [-0.39, 0.29) is 36.3 Å². The van der Waals surface area contributed by atoms with E-state index in [1.165, 1.54) is 0 Å². The van der Waals surface area contributed by atoms with Gasteiger partial charge in [-0.25, -0.2) is 0 Å². The Morgan fingerprint density at radius 1 is 1.03 bits per heavy atom. The van der Waals surface area contributed by atoms with Gasteiger partial charge in [0.2, 0.25) is 11.8 Å². The van der Waals surface area contributed by atoms with E-state index in [0.29, 0.717) is 0 Å². The number of aromatic nitrogens is 1. The number of alkyl halides is 1. The van der Waals surface area contributed by atoms with Crippen LogP contribution in [0.5, 0.6) is 5.75 Å². The third-order valence-electron chi connectivity index (χ3n) is 6.89. The molecule has 2 amide bonds. The third-order valence-corrected chi connectivity index (χ3v) is 7.55. The van der Waals surface area contributed by atoms with Gasteiger partial charge in [0.25, 0.3) is 0 Å². The normalized spacial score (nSPS) is 16.9. The minimum atomic E-state index is -0.728. The second-order valence-electron chi connectivity index (χ2n) is 9.91. The van der Waals surface area contributed by atoms with E-state index in [0.717, 1.165) is 41.2 Å². The van der Waals surface area contributed by atoms with Crippen molar-refractivity contribution in [2.75, 3.05) is 24.4 Å². The highest BCUT2D eigenvalue weighted by molar-refractivity contribution is 6.20. The molecule has 0 radical (unpaired) electrons. The zero-order valence-electron chi connectivity index (χ0n) is 20.3. The molecule has 2 heterocycles. The smallest absolute Gasteiger partial charge is 0.247 e. The number of nitrogens with zero attached hydrogens (tertiary/aromatic N) is 3. The third kappa shape index (κ3) is 4.20. The van der Waals surface area contributed by atoms with Crippen LogP contribution in [0.3, 0.4) is 0 Å². The molecule has 6 nitrogen and oxygen atoms in total. The fourth-order valence-corrected chi connectivity index (χ4v) is 4.90. The maximum absolute atomic E-state index is 14.1. The number of methoxy groups -OCH3 is 1. The molecular weight excluding hydrogens is 462 g/mol. The minimum Gasteiger partial charge on any atom is -0.497 e. The van der Waals surface area contributed by atoms with Gasteiger partial charge in [0.1, 0.15) is 18.3 Å². The van der Waals surface area contributed by atoms with Crippen molar-refractivity contribution < 1.29 is 14.3 Å². The van der Waals surface area contributed by atoms with Crippen LogP contribution in [0, 0.1) is 5.41 Å². The first-order valence-electron chi connectivity index (χ1n) is 12.0. The Labute approximate surface area is 211 Å². The van der Waals surface area contributed by atoms with Crippen molar-refractivity contribution >= 4 is 29.1 Å². The van der Waals surface area contributed by atoms with Gasteiger partial charge in [-0.3, -0.25) is 14.5 Å². The molecule has 0 N–H and O–H groups in total. The van der Waals surface area contributed by atoms with Crippen LogP contribution < -0.4 is 9.64 Å². The Kier molecular flexibility index (Phi) is 6.09. The molecule has 2 aromatic carbocycles. The fraction of sp³-hybridized carbons (Fsp3) is 0.357. The van der Waals surface area contributed by atoms with Crippen molar-refractivity contribution in [1.29, 1.82) is 0 Å². The highest BCUT2D eigenvalue weighted by atomic mass is 35.5. The molecule has 182 valence electrons. The Morgan fingerprint density at radius 3 is 2.34 bits per heavy atom. The van der Waals surface area contributed by atoms with Gasteiger partial charge in [0.05, 0.1) is 29.6 Å². The lowest BCUT2D eigenvalue weighted by Gasteiger charge is -2.40. The highest BCUT2D eigenvalue weighted by Crippen LogP contribution is 2.43. The number of benzene rings is 2. The molecule has 1 fully saturated rings. The molecule has 1 unspecified atom stereocenters. The largest absolute Gasteiger partial charge is 0.497 e. The van der Waals surface area contributed by atoms with Crippen molar-refractivity contribution in [3.8, 4) is 11.4 Å². The van der Waals surface area contributed by atoms with Gasteiger partial charge in [-0.1, -0.05) is 24.3 Å². The van der Waals surface area contributed by atoms with E-state index in [2.05, 4.69) is 4.57 Å². The Balaban J connectivity index is 1.57. The van der Waals surface area contributed by atoms with Crippen LogP contribution in [0.1, 0.15) is 44.0 Å². The number of hydrogen-bond acceptors (Lipinski definition) is 3. The fourth-order valence-electron chi connectivity index (χ4n) is 4.78. The summed E-state index contributed by atoms with van der Waals surface area (Å²) in [6.07, 6.45) is 3.85. The van der Waals surface area contributed by atoms with Gasteiger partial charge < -0.3 is 14.2 Å². The molecule has 0 spiro atoms. The quantitative estimate of drug-likeness (QED) is 0.428. The van der Waals surface area contributed by atoms with Gasteiger partial charge in [-0.15, -0.1) is 11.6 Å². The van der Waals surface area contributed by atoms with Gasteiger partial charge in [0, 0.05) is 18.1 Å². The first kappa shape index (κ1) is 23.5. The van der Waals surface area contributed by atoms with Crippen molar-refractivity contribution in [1.82, 2.24) is 9.47 Å². The van der Waals surface area contributed by atoms with Crippen molar-refractivity contribution in [3.05, 3.63) is 78.1 Å². The lowest BCUT2D eigenvalue weighted by atomic mass is 9.94. The number of halogens is 1. The zero-order chi connectivity index (χ0) is 24.7. The average molecular weight is 492 g/mol. The van der Waals surface area contributed by atoms with Gasteiger partial charge >= 0.3 is 0 Å². The molecule has 1 aromatic heterocycles. The second-order valence-corrected chi connectivity index (χ2v) is 10.2. The average Bonchev–Trinajstić information content (AvgIpc) is 3.61. The first-order valence-corrected chi connectivity index (χ1v) is 12.5. The van der Waals surface area contributed by atoms with Crippen molar-refractivity contribution in [3.63, 3.8) is 0 Å². The molecule has 1 aliphatic carbocycles. The Bertz CT molecular complexity index is 1250. The number of anilines is 1. The standard InChI is InChI=1S/C28H30ClN3O3/c1-28(2,18-29)27(34)31(20-12-13-20)17-25(33)32-23-8-5-4-7-22(23)30-16-6-9-24(30)26(32)19-10-14-21(35-3)15-11-19/h4-11,14-16,20,26H,12-13,17-18H2,1-3H3. The van der Waals surface area contributed by atoms with Gasteiger partial charge in [-0.2, -0.15) is 0 Å². The molecule has 0 saturated heterocycles. The maximum atomic E-state index is 14.1. The summed E-state index contributed by atoms with van der Waals surface area (Å²) in [5.74, 6) is 0.777. The van der Waals surface area contributed by atoms with Crippen LogP contribution in [-0.4, -0.2) is 46.9 Å². The maximum Gasteiger partial charge on any atom is 0.247 e. The monoisotopic (exact) mass is 491 g/mol. The van der Waals surface area contributed by atoms with Crippen LogP contribution in [0.4, 0.5) is 5.69 Å². The first-order chi connectivity index (χ1) is 16.9. The number of para-hydroxylation sites is 2. The highest BCUT2D eigenvalue weighted by Gasteiger charge is 2.43. The molecule has 3 aromatic rings. The van der Waals surface area contributed by atoms with Crippen LogP contribution in [0.15, 0.2) is 66.9 Å². The van der Waals surface area contributed by atoms with E-state index in [4.69, 9.17) is 16.3 Å². The lowest BCUT2D eigenvalue weighted by molar-refractivity contribution is -0.142. The molecule has 1 saturated carbocycles. The van der Waals surface area contributed by atoms with E-state index >= 15 is 0 Å². The predicted molar refractivity (Wildman–Crippen MR) is 137 cm³/mol. The summed E-state index contributed by atoms with van der Waals surface area (Å²) in [5.41, 5.74) is 3.00. The molecule has 1 atom stereocenters. The van der Waals surface area contributed by atoms with Crippen LogP contribution in [0.2, 0.25) is 0 Å². The van der Waals surface area contributed by atoms with Crippen molar-refractivity contribution in [2.24, 2.45) is 5.41 Å². The Hall–Kier alpha value is -3.25. The number of ether oxygens (including phenoxy) is 1. The molecule has 2 aliphatic rings. The van der Waals surface area contributed by atoms with E-state index in [9.17, 15) is 9.59 Å². The number of carbonyl (C=O) groups excluding carboxylic acids is 2. The topological polar surface area (TPSA) is 54.8 Å². The van der Waals surface area contributed by atoms with E-state index < -0.39 is 5.41 Å². The molecule has 35 heavy (non-hydrogen) atoms. The second kappa shape index (κ2) is 9.08. The van der Waals surface area contributed by atoms with Gasteiger partial charge in [0.15, 0.2) is 0 Å². The molecule has 1 aliphatic heterocycles. The van der Waals surface area contributed by atoms with Crippen LogP contribution >= 0.6 is 11.6 Å². The van der Waals surface area contributed by atoms with E-state index in [1.807, 2.05) is 85.6 Å². The number of fused-ring (bicyclic) bond motifs is 3. The minimum absolute atomic E-state index is 0.0194. The molecular formula is C28H30ClN3O3. The number of rotatable bonds is 7. The van der Waals surface area contributed by atoms with Crippen LogP contribution in [0.25, 0.3) is 5.69 Å². The summed E-state index contributed by atoms with van der Waals surface area (Å²) in [7, 11) is 1.64. The Morgan fingerprint density at radius 2 is 1.71 bits per heavy atom. The zero-order valence-corrected chi connectivity index (χ0v) is 21.0. The summed E-state index contributed by atoms with van der Waals surface area (Å²) in [6.45, 7) is 3.70. The van der Waals surface area contributed by atoms with Crippen LogP contribution in [-0.2, 0) is 9.59 Å². The number of carbonyl (C=O) groups is 2. The summed E-state index contributed by atoms with van der Waals surface area (Å²) < 4.78 is 7.49. The predicted octanol–water partition coefficient (Wildman–Crippen LogP) is 5.18. The lowest BCUT2D eigenvalue weighted by Crippen LogP contribution is -2.50. The van der Waals surface area contributed by atoms with Crippen molar-refractivity contribution in [2.45, 2.75) is 38.8 Å². The number of amides is 2.